The number of rotatable bonds is 32. The molecule has 3 unspecified atom stereocenters. The number of nitrogens with one attached hydrogen (secondary N) is 1. The van der Waals surface area contributed by atoms with Gasteiger partial charge in [-0.05, 0) is 57.8 Å². The van der Waals surface area contributed by atoms with Gasteiger partial charge in [0.15, 0.2) is 6.04 Å². The summed E-state index contributed by atoms with van der Waals surface area (Å²) in [6.45, 7) is 2.09. The van der Waals surface area contributed by atoms with Crippen LogP contribution in [-0.4, -0.2) is 64.9 Å². The molecule has 0 heterocycles. The van der Waals surface area contributed by atoms with Crippen molar-refractivity contribution in [3.63, 3.8) is 0 Å². The second-order valence-corrected chi connectivity index (χ2v) is 13.2. The van der Waals surface area contributed by atoms with E-state index in [0.717, 1.165) is 64.2 Å². The van der Waals surface area contributed by atoms with Crippen molar-refractivity contribution in [1.82, 2.24) is 5.32 Å². The van der Waals surface area contributed by atoms with Crippen LogP contribution in [0.25, 0.3) is 0 Å². The average molecular weight is 700 g/mol. The largest absolute Gasteiger partial charge is 0.480 e. The van der Waals surface area contributed by atoms with E-state index in [4.69, 9.17) is 4.74 Å². The first-order valence-electron chi connectivity index (χ1n) is 17.7. The van der Waals surface area contributed by atoms with Crippen molar-refractivity contribution in [2.75, 3.05) is 19.8 Å². The number of carboxylic acid groups (broad SMARTS) is 1. The van der Waals surface area contributed by atoms with E-state index in [2.05, 4.69) is 69.9 Å². The van der Waals surface area contributed by atoms with Gasteiger partial charge in [-0.15, -0.1) is 0 Å². The van der Waals surface area contributed by atoms with E-state index in [1.165, 1.54) is 25.7 Å². The second-order valence-electron chi connectivity index (χ2n) is 11.7. The number of amides is 1. The highest BCUT2D eigenvalue weighted by molar-refractivity contribution is 7.47. The summed E-state index contributed by atoms with van der Waals surface area (Å²) in [6, 6.07) is -1.55. The van der Waals surface area contributed by atoms with Crippen molar-refractivity contribution in [3.05, 3.63) is 48.6 Å². The zero-order valence-corrected chi connectivity index (χ0v) is 30.2. The molecule has 1 amide bonds. The minimum atomic E-state index is -4.73. The summed E-state index contributed by atoms with van der Waals surface area (Å²) in [7, 11) is -4.73. The molecule has 48 heavy (non-hydrogen) atoms. The van der Waals surface area contributed by atoms with Crippen molar-refractivity contribution >= 4 is 25.7 Å². The van der Waals surface area contributed by atoms with Crippen LogP contribution in [0.4, 0.5) is 0 Å². The van der Waals surface area contributed by atoms with Crippen molar-refractivity contribution < 1.29 is 47.8 Å². The van der Waals surface area contributed by atoms with Gasteiger partial charge >= 0.3 is 19.8 Å². The molecule has 0 radical (unpaired) electrons. The molecular formula is C36H62NO10P. The number of hydrogen-bond acceptors (Lipinski definition) is 8. The number of esters is 1. The molecule has 0 fully saturated rings. The molecule has 0 aromatic rings. The number of aliphatic carboxylic acids is 1. The number of carboxylic acids is 1. The Morgan fingerprint density at radius 3 is 1.71 bits per heavy atom. The highest BCUT2D eigenvalue weighted by atomic mass is 31.2. The fourth-order valence-corrected chi connectivity index (χ4v) is 5.11. The molecule has 0 saturated carbocycles. The Bertz CT molecular complexity index is 1010. The van der Waals surface area contributed by atoms with Crippen molar-refractivity contribution in [3.8, 4) is 0 Å². The summed E-state index contributed by atoms with van der Waals surface area (Å²) in [5.74, 6) is -2.45. The van der Waals surface area contributed by atoms with Crippen LogP contribution in [0.5, 0.6) is 0 Å². The van der Waals surface area contributed by atoms with E-state index in [-0.39, 0.29) is 12.8 Å². The zero-order chi connectivity index (χ0) is 35.7. The molecule has 0 aliphatic heterocycles. The Morgan fingerprint density at radius 1 is 0.667 bits per heavy atom. The monoisotopic (exact) mass is 699 g/mol. The predicted molar refractivity (Wildman–Crippen MR) is 189 cm³/mol. The molecule has 0 spiro atoms. The summed E-state index contributed by atoms with van der Waals surface area (Å²) in [4.78, 5) is 44.8. The molecule has 0 saturated heterocycles. The van der Waals surface area contributed by atoms with Crippen LogP contribution in [0.15, 0.2) is 48.6 Å². The standard InChI is InChI=1S/C36H62NO10P/c1-3-5-6-7-8-9-10-11-12-13-14-15-16-17-18-19-20-21-22-23-24-25-26-28-34(39)37-33(36(41)42)31-47-48(43,44)46-30-32(38)29-45-35(40)27-4-2/h8-9,11-12,14-15,17-18,32-33,38H,3-7,10,13,16,19-31H2,1-2H3,(H,37,39)(H,41,42)(H,43,44)/b9-8-,12-11-,15-14-,18-17-. The van der Waals surface area contributed by atoms with Crippen LogP contribution in [0.1, 0.15) is 129 Å². The number of ether oxygens (including phenoxy) is 1. The summed E-state index contributed by atoms with van der Waals surface area (Å²) < 4.78 is 26.1. The predicted octanol–water partition coefficient (Wildman–Crippen LogP) is 7.88. The number of phosphoric acid groups is 1. The van der Waals surface area contributed by atoms with E-state index in [1.54, 1.807) is 6.92 Å². The Balaban J connectivity index is 3.89. The fraction of sp³-hybridized carbons (Fsp3) is 0.694. The van der Waals surface area contributed by atoms with E-state index in [0.29, 0.717) is 12.8 Å². The van der Waals surface area contributed by atoms with E-state index < -0.39 is 57.6 Å². The Kier molecular flexibility index (Phi) is 30.0. The molecule has 0 aliphatic carbocycles. The number of allylic oxidation sites excluding steroid dienone is 8. The van der Waals surface area contributed by atoms with Gasteiger partial charge < -0.3 is 25.2 Å². The van der Waals surface area contributed by atoms with Crippen LogP contribution in [-0.2, 0) is 32.7 Å². The third-order valence-electron chi connectivity index (χ3n) is 7.09. The molecule has 276 valence electrons. The average Bonchev–Trinajstić information content (AvgIpc) is 3.05. The Labute approximate surface area is 288 Å². The molecule has 0 bridgehead atoms. The SMILES string of the molecule is CCCCC/C=C\C/C=C\C/C=C\C/C=C\CCCCCCCCCC(=O)NC(COP(=O)(O)OCC(O)COC(=O)CCC)C(=O)O. The lowest BCUT2D eigenvalue weighted by molar-refractivity contribution is -0.147. The van der Waals surface area contributed by atoms with E-state index in [9.17, 15) is 34.1 Å². The first-order valence-corrected chi connectivity index (χ1v) is 19.2. The molecular weight excluding hydrogens is 637 g/mol. The van der Waals surface area contributed by atoms with Crippen LogP contribution in [0, 0.1) is 0 Å². The molecule has 3 atom stereocenters. The number of aliphatic hydroxyl groups is 1. The molecule has 4 N–H and O–H groups in total. The minimum Gasteiger partial charge on any atom is -0.480 e. The molecule has 12 heteroatoms. The molecule has 0 aliphatic rings. The lowest BCUT2D eigenvalue weighted by Gasteiger charge is -2.18. The molecule has 0 rings (SSSR count). The third kappa shape index (κ3) is 30.8. The maximum absolute atomic E-state index is 12.2. The smallest absolute Gasteiger partial charge is 0.472 e. The van der Waals surface area contributed by atoms with Gasteiger partial charge in [-0.1, -0.05) is 107 Å². The molecule has 0 aromatic heterocycles. The Morgan fingerprint density at radius 2 is 1.17 bits per heavy atom. The van der Waals surface area contributed by atoms with Crippen LogP contribution < -0.4 is 5.32 Å². The molecule has 11 nitrogen and oxygen atoms in total. The number of carbonyl (C=O) groups excluding carboxylic acids is 2. The number of aliphatic hydroxyl groups excluding tert-OH is 1. The first-order chi connectivity index (χ1) is 23.1. The van der Waals surface area contributed by atoms with Gasteiger partial charge in [-0.25, -0.2) is 9.36 Å². The minimum absolute atomic E-state index is 0.131. The fourth-order valence-electron chi connectivity index (χ4n) is 4.33. The van der Waals surface area contributed by atoms with Gasteiger partial charge in [0.05, 0.1) is 13.2 Å². The lowest BCUT2D eigenvalue weighted by Crippen LogP contribution is -2.43. The summed E-state index contributed by atoms with van der Waals surface area (Å²) >= 11 is 0. The topological polar surface area (TPSA) is 169 Å². The lowest BCUT2D eigenvalue weighted by atomic mass is 10.1. The van der Waals surface area contributed by atoms with Crippen LogP contribution >= 0.6 is 7.82 Å². The van der Waals surface area contributed by atoms with Gasteiger partial charge in [-0.3, -0.25) is 18.6 Å². The van der Waals surface area contributed by atoms with Crippen molar-refractivity contribution in [2.24, 2.45) is 0 Å². The van der Waals surface area contributed by atoms with E-state index in [1.807, 2.05) is 0 Å². The maximum atomic E-state index is 12.2. The van der Waals surface area contributed by atoms with Crippen molar-refractivity contribution in [2.45, 2.75) is 142 Å². The van der Waals surface area contributed by atoms with Gasteiger partial charge in [-0.2, -0.15) is 0 Å². The Hall–Kier alpha value is -2.56. The maximum Gasteiger partial charge on any atom is 0.472 e. The summed E-state index contributed by atoms with van der Waals surface area (Å²) in [5.41, 5.74) is 0. The van der Waals surface area contributed by atoms with Gasteiger partial charge in [0, 0.05) is 12.8 Å². The normalized spacial score (nSPS) is 14.6. The quantitative estimate of drug-likeness (QED) is 0.0235. The third-order valence-corrected chi connectivity index (χ3v) is 8.04. The summed E-state index contributed by atoms with van der Waals surface area (Å²) in [5, 5.41) is 21.4. The van der Waals surface area contributed by atoms with Crippen LogP contribution in [0.2, 0.25) is 0 Å². The highest BCUT2D eigenvalue weighted by Gasteiger charge is 2.28. The molecule has 0 aromatic carbocycles. The second kappa shape index (κ2) is 31.7. The number of carbonyl (C=O) groups is 3. The summed E-state index contributed by atoms with van der Waals surface area (Å²) in [6.07, 6.45) is 33.3. The van der Waals surface area contributed by atoms with Gasteiger partial charge in [0.25, 0.3) is 0 Å². The van der Waals surface area contributed by atoms with Gasteiger partial charge in [0.1, 0.15) is 12.7 Å². The number of hydrogen-bond donors (Lipinski definition) is 4. The zero-order valence-electron chi connectivity index (χ0n) is 29.3. The van der Waals surface area contributed by atoms with Crippen molar-refractivity contribution in [1.29, 1.82) is 0 Å². The highest BCUT2D eigenvalue weighted by Crippen LogP contribution is 2.43. The van der Waals surface area contributed by atoms with Gasteiger partial charge in [0.2, 0.25) is 5.91 Å². The number of unbranched alkanes of at least 4 members (excludes halogenated alkanes) is 10. The number of phosphoric ester groups is 1. The van der Waals surface area contributed by atoms with E-state index >= 15 is 0 Å². The first kappa shape index (κ1) is 45.4. The van der Waals surface area contributed by atoms with Crippen LogP contribution in [0.3, 0.4) is 0 Å².